The van der Waals surface area contributed by atoms with Crippen molar-refractivity contribution in [2.45, 2.75) is 6.54 Å². The Kier molecular flexibility index (Phi) is 3.57. The summed E-state index contributed by atoms with van der Waals surface area (Å²) in [6.07, 6.45) is 0. The second-order valence-electron chi connectivity index (χ2n) is 4.39. The number of ether oxygens (including phenoxy) is 2. The molecular formula is C14H13N3O3S. The molecule has 3 aromatic rings. The summed E-state index contributed by atoms with van der Waals surface area (Å²) in [6.45, 7) is 0.585. The minimum Gasteiger partial charge on any atom is -0.497 e. The Balaban J connectivity index is 1.89. The lowest BCUT2D eigenvalue weighted by Crippen LogP contribution is -2.01. The fourth-order valence-corrected chi connectivity index (χ4v) is 2.94. The smallest absolute Gasteiger partial charge is 0.348 e. The van der Waals surface area contributed by atoms with E-state index in [9.17, 15) is 4.79 Å². The first-order valence-corrected chi connectivity index (χ1v) is 7.07. The van der Waals surface area contributed by atoms with E-state index >= 15 is 0 Å². The number of fused-ring (bicyclic) bond motifs is 1. The van der Waals surface area contributed by atoms with Crippen LogP contribution in [0.1, 0.15) is 15.2 Å². The van der Waals surface area contributed by atoms with Crippen LogP contribution in [0.3, 0.4) is 0 Å². The molecule has 7 heteroatoms. The van der Waals surface area contributed by atoms with Crippen molar-refractivity contribution in [3.63, 3.8) is 0 Å². The summed E-state index contributed by atoms with van der Waals surface area (Å²) in [6, 6.07) is 9.45. The Labute approximate surface area is 124 Å². The van der Waals surface area contributed by atoms with Crippen LogP contribution < -0.4 is 4.74 Å². The van der Waals surface area contributed by atoms with E-state index in [0.29, 0.717) is 16.9 Å². The van der Waals surface area contributed by atoms with Crippen molar-refractivity contribution in [1.29, 1.82) is 0 Å². The van der Waals surface area contributed by atoms with Gasteiger partial charge in [0.25, 0.3) is 0 Å². The number of carbonyl (C=O) groups is 1. The molecule has 0 saturated heterocycles. The number of thiophene rings is 1. The van der Waals surface area contributed by atoms with Crippen LogP contribution >= 0.6 is 11.3 Å². The van der Waals surface area contributed by atoms with Crippen molar-refractivity contribution < 1.29 is 14.3 Å². The summed E-state index contributed by atoms with van der Waals surface area (Å²) in [5.74, 6) is 0.459. The molecule has 2 heterocycles. The van der Waals surface area contributed by atoms with Gasteiger partial charge in [-0.3, -0.25) is 0 Å². The van der Waals surface area contributed by atoms with Crippen LogP contribution in [0, 0.1) is 0 Å². The van der Waals surface area contributed by atoms with E-state index in [2.05, 4.69) is 10.3 Å². The number of rotatable bonds is 4. The van der Waals surface area contributed by atoms with Gasteiger partial charge in [-0.25, -0.2) is 9.48 Å². The maximum absolute atomic E-state index is 11.5. The van der Waals surface area contributed by atoms with Gasteiger partial charge >= 0.3 is 5.97 Å². The van der Waals surface area contributed by atoms with E-state index in [1.54, 1.807) is 17.9 Å². The monoisotopic (exact) mass is 303 g/mol. The van der Waals surface area contributed by atoms with Gasteiger partial charge in [-0.1, -0.05) is 17.3 Å². The topological polar surface area (TPSA) is 66.2 Å². The molecule has 0 N–H and O–H groups in total. The molecule has 2 aromatic heterocycles. The lowest BCUT2D eigenvalue weighted by Gasteiger charge is -2.03. The molecule has 0 spiro atoms. The summed E-state index contributed by atoms with van der Waals surface area (Å²) in [5, 5.41) is 8.19. The third-order valence-electron chi connectivity index (χ3n) is 3.07. The van der Waals surface area contributed by atoms with Gasteiger partial charge in [-0.05, 0) is 23.8 Å². The third kappa shape index (κ3) is 2.59. The lowest BCUT2D eigenvalue weighted by molar-refractivity contribution is 0.0606. The molecule has 0 saturated carbocycles. The Morgan fingerprint density at radius 1 is 1.29 bits per heavy atom. The standard InChI is InChI=1S/C14H13N3O3S/c1-19-10-5-3-9(4-6-10)8-17-13-11(15-16-17)7-12(21-13)14(18)20-2/h3-7H,8H2,1-2H3. The van der Waals surface area contributed by atoms with Crippen LogP contribution in [0.2, 0.25) is 0 Å². The van der Waals surface area contributed by atoms with Crippen molar-refractivity contribution in [3.05, 3.63) is 40.8 Å². The third-order valence-corrected chi connectivity index (χ3v) is 4.18. The zero-order valence-electron chi connectivity index (χ0n) is 11.6. The van der Waals surface area contributed by atoms with Gasteiger partial charge in [0, 0.05) is 0 Å². The van der Waals surface area contributed by atoms with Gasteiger partial charge in [0.1, 0.15) is 21.0 Å². The molecule has 0 amide bonds. The van der Waals surface area contributed by atoms with Gasteiger partial charge in [0.05, 0.1) is 20.8 Å². The normalized spacial score (nSPS) is 10.8. The number of nitrogens with zero attached hydrogens (tertiary/aromatic N) is 3. The van der Waals surface area contributed by atoms with Gasteiger partial charge in [0.15, 0.2) is 0 Å². The molecule has 3 rings (SSSR count). The number of hydrogen-bond donors (Lipinski definition) is 0. The first-order valence-electron chi connectivity index (χ1n) is 6.25. The van der Waals surface area contributed by atoms with Crippen LogP contribution in [0.5, 0.6) is 5.75 Å². The molecule has 0 aliphatic carbocycles. The van der Waals surface area contributed by atoms with Gasteiger partial charge in [-0.15, -0.1) is 16.4 Å². The van der Waals surface area contributed by atoms with E-state index in [1.807, 2.05) is 24.3 Å². The maximum atomic E-state index is 11.5. The molecule has 21 heavy (non-hydrogen) atoms. The predicted octanol–water partition coefficient (Wildman–Crippen LogP) is 2.34. The molecule has 1 aromatic carbocycles. The highest BCUT2D eigenvalue weighted by Crippen LogP contribution is 2.25. The maximum Gasteiger partial charge on any atom is 0.348 e. The summed E-state index contributed by atoms with van der Waals surface area (Å²) < 4.78 is 11.6. The van der Waals surface area contributed by atoms with Crippen molar-refractivity contribution in [1.82, 2.24) is 15.0 Å². The fraction of sp³-hybridized carbons (Fsp3) is 0.214. The van der Waals surface area contributed by atoms with Crippen LogP contribution in [0.15, 0.2) is 30.3 Å². The fourth-order valence-electron chi connectivity index (χ4n) is 1.98. The van der Waals surface area contributed by atoms with Gasteiger partial charge in [-0.2, -0.15) is 0 Å². The molecule has 0 bridgehead atoms. The van der Waals surface area contributed by atoms with Gasteiger partial charge in [0.2, 0.25) is 0 Å². The first kappa shape index (κ1) is 13.6. The van der Waals surface area contributed by atoms with Gasteiger partial charge < -0.3 is 9.47 Å². The van der Waals surface area contributed by atoms with Crippen LogP contribution in [0.25, 0.3) is 10.3 Å². The van der Waals surface area contributed by atoms with Crippen molar-refractivity contribution in [2.75, 3.05) is 14.2 Å². The summed E-state index contributed by atoms with van der Waals surface area (Å²) in [5.41, 5.74) is 1.78. The zero-order valence-corrected chi connectivity index (χ0v) is 12.4. The number of hydrogen-bond acceptors (Lipinski definition) is 6. The predicted molar refractivity (Wildman–Crippen MR) is 78.8 cm³/mol. The molecule has 0 aliphatic rings. The van der Waals surface area contributed by atoms with E-state index in [-0.39, 0.29) is 5.97 Å². The van der Waals surface area contributed by atoms with Crippen LogP contribution in [-0.2, 0) is 11.3 Å². The molecule has 0 fully saturated rings. The molecule has 0 aliphatic heterocycles. The number of carbonyl (C=O) groups excluding carboxylic acids is 1. The van der Waals surface area contributed by atoms with Crippen molar-refractivity contribution in [3.8, 4) is 5.75 Å². The largest absolute Gasteiger partial charge is 0.497 e. The Bertz CT molecular complexity index is 776. The molecule has 108 valence electrons. The molecule has 0 radical (unpaired) electrons. The SMILES string of the molecule is COC(=O)c1cc2nnn(Cc3ccc(OC)cc3)c2s1. The second-order valence-corrected chi connectivity index (χ2v) is 5.42. The zero-order chi connectivity index (χ0) is 14.8. The molecule has 6 nitrogen and oxygen atoms in total. The van der Waals surface area contributed by atoms with Crippen molar-refractivity contribution in [2.24, 2.45) is 0 Å². The minimum atomic E-state index is -0.353. The van der Waals surface area contributed by atoms with E-state index < -0.39 is 0 Å². The molecular weight excluding hydrogens is 290 g/mol. The number of esters is 1. The lowest BCUT2D eigenvalue weighted by atomic mass is 10.2. The Hall–Kier alpha value is -2.41. The number of methoxy groups -OCH3 is 2. The van der Waals surface area contributed by atoms with E-state index in [1.165, 1.54) is 18.4 Å². The van der Waals surface area contributed by atoms with Crippen molar-refractivity contribution >= 4 is 27.7 Å². The highest BCUT2D eigenvalue weighted by atomic mass is 32.1. The summed E-state index contributed by atoms with van der Waals surface area (Å²) in [4.78, 5) is 12.9. The first-order chi connectivity index (χ1) is 10.2. The average Bonchev–Trinajstić information content (AvgIpc) is 3.09. The van der Waals surface area contributed by atoms with E-state index in [0.717, 1.165) is 16.1 Å². The summed E-state index contributed by atoms with van der Waals surface area (Å²) >= 11 is 1.33. The van der Waals surface area contributed by atoms with E-state index in [4.69, 9.17) is 9.47 Å². The highest BCUT2D eigenvalue weighted by Gasteiger charge is 2.15. The Morgan fingerprint density at radius 3 is 2.71 bits per heavy atom. The highest BCUT2D eigenvalue weighted by molar-refractivity contribution is 7.20. The molecule has 0 unspecified atom stereocenters. The number of aromatic nitrogens is 3. The minimum absolute atomic E-state index is 0.353. The summed E-state index contributed by atoms with van der Waals surface area (Å²) in [7, 11) is 3.00. The second kappa shape index (κ2) is 5.53. The molecule has 0 atom stereocenters. The average molecular weight is 303 g/mol. The number of benzene rings is 1. The van der Waals surface area contributed by atoms with Crippen LogP contribution in [0.4, 0.5) is 0 Å². The van der Waals surface area contributed by atoms with Crippen LogP contribution in [-0.4, -0.2) is 35.2 Å². The Morgan fingerprint density at radius 2 is 2.05 bits per heavy atom. The quantitative estimate of drug-likeness (QED) is 0.692.